The third kappa shape index (κ3) is 3.24. The van der Waals surface area contributed by atoms with Gasteiger partial charge in [-0.3, -0.25) is 4.79 Å². The summed E-state index contributed by atoms with van der Waals surface area (Å²) >= 11 is 0. The predicted octanol–water partition coefficient (Wildman–Crippen LogP) is 1.22. The fourth-order valence-electron chi connectivity index (χ4n) is 2.08. The molecule has 0 saturated heterocycles. The molecule has 3 nitrogen and oxygen atoms in total. The molecule has 1 aliphatic carbocycles. The van der Waals surface area contributed by atoms with E-state index in [2.05, 4.69) is 16.2 Å². The summed E-state index contributed by atoms with van der Waals surface area (Å²) in [5, 5.41) is 8.93. The Balaban J connectivity index is 2.67. The minimum absolute atomic E-state index is 0.00102. The standard InChI is InChI=1S/C9H18NO2P/c1-9(13)4-6(8(11)12)2-3-7(10)5-9/h6-7H,2-5,10,13H2,1H3,(H,11,12). The lowest BCUT2D eigenvalue weighted by Crippen LogP contribution is -2.28. The minimum Gasteiger partial charge on any atom is -0.481 e. The maximum atomic E-state index is 10.9. The van der Waals surface area contributed by atoms with Crippen LogP contribution >= 0.6 is 9.24 Å². The zero-order valence-electron chi connectivity index (χ0n) is 7.99. The molecule has 0 aliphatic heterocycles. The number of carbonyl (C=O) groups is 1. The first kappa shape index (κ1) is 10.9. The SMILES string of the molecule is CC1(P)CC(N)CCC(C(=O)O)C1. The lowest BCUT2D eigenvalue weighted by atomic mass is 9.93. The quantitative estimate of drug-likeness (QED) is 0.497. The topological polar surface area (TPSA) is 63.3 Å². The van der Waals surface area contributed by atoms with Crippen LogP contribution in [0.1, 0.15) is 32.6 Å². The fraction of sp³-hybridized carbons (Fsp3) is 0.889. The van der Waals surface area contributed by atoms with E-state index in [1.165, 1.54) is 0 Å². The van der Waals surface area contributed by atoms with Crippen molar-refractivity contribution in [1.82, 2.24) is 0 Å². The molecule has 4 atom stereocenters. The maximum Gasteiger partial charge on any atom is 0.306 e. The Morgan fingerprint density at radius 2 is 2.15 bits per heavy atom. The van der Waals surface area contributed by atoms with Crippen molar-refractivity contribution in [3.8, 4) is 0 Å². The molecule has 0 aromatic rings. The Morgan fingerprint density at radius 1 is 1.54 bits per heavy atom. The Bertz CT molecular complexity index is 206. The van der Waals surface area contributed by atoms with Crippen molar-refractivity contribution < 1.29 is 9.90 Å². The Hall–Kier alpha value is -0.140. The second-order valence-electron chi connectivity index (χ2n) is 4.43. The average Bonchev–Trinajstić information content (AvgIpc) is 2.07. The molecule has 1 fully saturated rings. The van der Waals surface area contributed by atoms with Crippen molar-refractivity contribution in [3.63, 3.8) is 0 Å². The van der Waals surface area contributed by atoms with E-state index in [0.717, 1.165) is 25.7 Å². The summed E-state index contributed by atoms with van der Waals surface area (Å²) in [6, 6.07) is 0.159. The van der Waals surface area contributed by atoms with Gasteiger partial charge in [0.25, 0.3) is 0 Å². The smallest absolute Gasteiger partial charge is 0.306 e. The van der Waals surface area contributed by atoms with Gasteiger partial charge in [0, 0.05) is 6.04 Å². The van der Waals surface area contributed by atoms with Crippen LogP contribution in [0.15, 0.2) is 0 Å². The lowest BCUT2D eigenvalue weighted by Gasteiger charge is -2.25. The van der Waals surface area contributed by atoms with Gasteiger partial charge in [-0.2, -0.15) is 0 Å². The summed E-state index contributed by atoms with van der Waals surface area (Å²) in [4.78, 5) is 10.9. The van der Waals surface area contributed by atoms with E-state index in [9.17, 15) is 4.79 Å². The molecule has 0 bridgehead atoms. The third-order valence-electron chi connectivity index (χ3n) is 2.68. The predicted molar refractivity (Wildman–Crippen MR) is 55.7 cm³/mol. The zero-order chi connectivity index (χ0) is 10.1. The highest BCUT2D eigenvalue weighted by molar-refractivity contribution is 7.18. The molecule has 1 rings (SSSR count). The maximum absolute atomic E-state index is 10.9. The van der Waals surface area contributed by atoms with Gasteiger partial charge in [0.2, 0.25) is 0 Å². The monoisotopic (exact) mass is 203 g/mol. The number of carboxylic acids is 1. The molecule has 1 saturated carbocycles. The summed E-state index contributed by atoms with van der Waals surface area (Å²) < 4.78 is 0. The first-order chi connectivity index (χ1) is 5.91. The third-order valence-corrected chi connectivity index (χ3v) is 3.15. The molecule has 0 aromatic heterocycles. The summed E-state index contributed by atoms with van der Waals surface area (Å²) in [5.74, 6) is -0.890. The number of hydrogen-bond acceptors (Lipinski definition) is 2. The Labute approximate surface area is 81.3 Å². The van der Waals surface area contributed by atoms with Crippen molar-refractivity contribution in [1.29, 1.82) is 0 Å². The van der Waals surface area contributed by atoms with E-state index in [1.807, 2.05) is 0 Å². The molecule has 0 spiro atoms. The minimum atomic E-state index is -0.678. The van der Waals surface area contributed by atoms with Gasteiger partial charge in [-0.25, -0.2) is 0 Å². The Kier molecular flexibility index (Phi) is 3.31. The van der Waals surface area contributed by atoms with Crippen LogP contribution < -0.4 is 5.73 Å². The van der Waals surface area contributed by atoms with Gasteiger partial charge < -0.3 is 10.8 Å². The van der Waals surface area contributed by atoms with Gasteiger partial charge in [-0.1, -0.05) is 6.92 Å². The molecule has 0 heterocycles. The van der Waals surface area contributed by atoms with Gasteiger partial charge in [0.05, 0.1) is 5.92 Å². The molecular formula is C9H18NO2P. The van der Waals surface area contributed by atoms with Crippen LogP contribution in [0.3, 0.4) is 0 Å². The van der Waals surface area contributed by atoms with E-state index in [-0.39, 0.29) is 17.1 Å². The van der Waals surface area contributed by atoms with E-state index >= 15 is 0 Å². The Morgan fingerprint density at radius 3 is 2.69 bits per heavy atom. The molecule has 0 aromatic carbocycles. The van der Waals surface area contributed by atoms with Crippen LogP contribution in [0.2, 0.25) is 0 Å². The van der Waals surface area contributed by atoms with Crippen molar-refractivity contribution in [2.45, 2.75) is 43.8 Å². The van der Waals surface area contributed by atoms with Crippen LogP contribution in [0.25, 0.3) is 0 Å². The molecule has 13 heavy (non-hydrogen) atoms. The van der Waals surface area contributed by atoms with Crippen LogP contribution in [0, 0.1) is 5.92 Å². The van der Waals surface area contributed by atoms with E-state index in [1.54, 1.807) is 0 Å². The summed E-state index contributed by atoms with van der Waals surface area (Å²) in [7, 11) is 2.75. The molecule has 3 N–H and O–H groups in total. The number of nitrogens with two attached hydrogens (primary N) is 1. The zero-order valence-corrected chi connectivity index (χ0v) is 9.15. The van der Waals surface area contributed by atoms with Crippen molar-refractivity contribution >= 4 is 15.2 Å². The lowest BCUT2D eigenvalue weighted by molar-refractivity contribution is -0.142. The van der Waals surface area contributed by atoms with Gasteiger partial charge in [-0.15, -0.1) is 9.24 Å². The van der Waals surface area contributed by atoms with Crippen LogP contribution in [-0.4, -0.2) is 22.3 Å². The second-order valence-corrected chi connectivity index (χ2v) is 5.83. The van der Waals surface area contributed by atoms with Crippen molar-refractivity contribution in [3.05, 3.63) is 0 Å². The van der Waals surface area contributed by atoms with Crippen LogP contribution in [0.5, 0.6) is 0 Å². The van der Waals surface area contributed by atoms with Gasteiger partial charge in [0.15, 0.2) is 0 Å². The summed E-state index contributed by atoms with van der Waals surface area (Å²) in [5.41, 5.74) is 5.87. The molecule has 0 amide bonds. The number of carboxylic acid groups (broad SMARTS) is 1. The first-order valence-corrected chi connectivity index (χ1v) is 5.26. The van der Waals surface area contributed by atoms with E-state index in [0.29, 0.717) is 0 Å². The normalized spacial score (nSPS) is 41.2. The summed E-state index contributed by atoms with van der Waals surface area (Å²) in [6.45, 7) is 2.07. The van der Waals surface area contributed by atoms with Gasteiger partial charge in [-0.05, 0) is 30.8 Å². The number of aliphatic carboxylic acids is 1. The molecule has 4 heteroatoms. The number of hydrogen-bond donors (Lipinski definition) is 2. The van der Waals surface area contributed by atoms with E-state index < -0.39 is 5.97 Å². The van der Waals surface area contributed by atoms with Crippen LogP contribution in [0.4, 0.5) is 0 Å². The van der Waals surface area contributed by atoms with E-state index in [4.69, 9.17) is 10.8 Å². The largest absolute Gasteiger partial charge is 0.481 e. The first-order valence-electron chi connectivity index (χ1n) is 4.68. The number of rotatable bonds is 1. The highest BCUT2D eigenvalue weighted by Gasteiger charge is 2.32. The molecule has 4 unspecified atom stereocenters. The molecule has 1 aliphatic rings. The highest BCUT2D eigenvalue weighted by Crippen LogP contribution is 2.36. The fourth-order valence-corrected chi connectivity index (χ4v) is 2.66. The van der Waals surface area contributed by atoms with Crippen molar-refractivity contribution in [2.75, 3.05) is 0 Å². The highest BCUT2D eigenvalue weighted by atomic mass is 31.0. The molecular weight excluding hydrogens is 185 g/mol. The second kappa shape index (κ2) is 3.93. The van der Waals surface area contributed by atoms with Gasteiger partial charge in [0.1, 0.15) is 0 Å². The average molecular weight is 203 g/mol. The van der Waals surface area contributed by atoms with Crippen molar-refractivity contribution in [2.24, 2.45) is 11.7 Å². The summed E-state index contributed by atoms with van der Waals surface area (Å²) in [6.07, 6.45) is 3.18. The molecule has 76 valence electrons. The van der Waals surface area contributed by atoms with Gasteiger partial charge >= 0.3 is 5.97 Å². The van der Waals surface area contributed by atoms with Crippen LogP contribution in [-0.2, 0) is 4.79 Å². The molecule has 0 radical (unpaired) electrons.